The number of hydrogen-bond donors (Lipinski definition) is 0. The average molecular weight is 461 g/mol. The second kappa shape index (κ2) is 12.1. The van der Waals surface area contributed by atoms with Crippen molar-refractivity contribution in [3.63, 3.8) is 0 Å². The van der Waals surface area contributed by atoms with Gasteiger partial charge in [0, 0.05) is 18.3 Å². The number of ether oxygens (including phenoxy) is 3. The number of rotatable bonds is 9. The normalized spacial score (nSPS) is 15.3. The van der Waals surface area contributed by atoms with E-state index in [0.717, 1.165) is 47.2 Å². The van der Waals surface area contributed by atoms with Crippen molar-refractivity contribution >= 4 is 29.1 Å². The molecule has 172 valence electrons. The number of carbonyl (C=O) groups is 3. The van der Waals surface area contributed by atoms with Gasteiger partial charge in [0.25, 0.3) is 5.24 Å². The molecule has 1 atom stereocenters. The second-order valence-corrected chi connectivity index (χ2v) is 7.98. The highest BCUT2D eigenvalue weighted by molar-refractivity contribution is 8.15. The molecule has 0 spiro atoms. The van der Waals surface area contributed by atoms with E-state index in [-0.39, 0.29) is 13.3 Å². The number of imide groups is 1. The molecular weight excluding hydrogens is 432 g/mol. The predicted octanol–water partition coefficient (Wildman–Crippen LogP) is 4.25. The van der Waals surface area contributed by atoms with Gasteiger partial charge in [-0.25, -0.2) is 9.69 Å². The fraction of sp³-hybridized carbons (Fsp3) is 0.391. The Morgan fingerprint density at radius 3 is 2.47 bits per heavy atom. The highest BCUT2D eigenvalue weighted by Crippen LogP contribution is 2.30. The zero-order valence-corrected chi connectivity index (χ0v) is 18.2. The van der Waals surface area contributed by atoms with Crippen molar-refractivity contribution in [2.24, 2.45) is 0 Å². The van der Waals surface area contributed by atoms with Gasteiger partial charge < -0.3 is 14.2 Å². The molecule has 0 bridgehead atoms. The van der Waals surface area contributed by atoms with Gasteiger partial charge in [0.05, 0.1) is 19.0 Å². The maximum atomic E-state index is 12.4. The van der Waals surface area contributed by atoms with Crippen LogP contribution in [0.2, 0.25) is 0 Å². The van der Waals surface area contributed by atoms with Crippen molar-refractivity contribution in [3.8, 4) is 5.75 Å². The fourth-order valence-corrected chi connectivity index (χ4v) is 3.96. The number of amides is 2. The third kappa shape index (κ3) is 6.71. The highest BCUT2D eigenvalue weighted by Gasteiger charge is 2.40. The summed E-state index contributed by atoms with van der Waals surface area (Å²) in [6.07, 6.45) is 3.01. The number of thioether (sulfide) groups is 1. The Morgan fingerprint density at radius 1 is 1.12 bits per heavy atom. The fourth-order valence-electron chi connectivity index (χ4n) is 2.94. The van der Waals surface area contributed by atoms with Crippen LogP contribution in [-0.4, -0.2) is 52.9 Å². The Morgan fingerprint density at radius 2 is 1.84 bits per heavy atom. The van der Waals surface area contributed by atoms with E-state index in [1.54, 1.807) is 0 Å². The number of benzene rings is 1. The van der Waals surface area contributed by atoms with Crippen LogP contribution < -0.4 is 4.74 Å². The molecule has 1 unspecified atom stereocenters. The first-order chi connectivity index (χ1) is 15.0. The van der Waals surface area contributed by atoms with Crippen molar-refractivity contribution in [1.29, 1.82) is 0 Å². The minimum Gasteiger partial charge on any atom is -0.493 e. The zero-order valence-electron chi connectivity index (χ0n) is 17.4. The Balaban J connectivity index is 0.00000363. The van der Waals surface area contributed by atoms with Crippen molar-refractivity contribution in [2.45, 2.75) is 38.9 Å². The van der Waals surface area contributed by atoms with E-state index in [2.05, 4.69) is 22.7 Å². The maximum absolute atomic E-state index is 12.4. The van der Waals surface area contributed by atoms with E-state index in [4.69, 9.17) is 9.47 Å². The third-order valence-electron chi connectivity index (χ3n) is 4.75. The SMILES string of the molecule is C.CCc1ccc(CCOc2ccc(CC3SC(=O)N(COC(=O)OC)C3=O)cc2)nc1. The van der Waals surface area contributed by atoms with Crippen LogP contribution in [0.4, 0.5) is 9.59 Å². The van der Waals surface area contributed by atoms with E-state index in [1.807, 2.05) is 36.5 Å². The smallest absolute Gasteiger partial charge is 0.493 e. The summed E-state index contributed by atoms with van der Waals surface area (Å²) >= 11 is 0.921. The van der Waals surface area contributed by atoms with E-state index in [1.165, 1.54) is 5.56 Å². The van der Waals surface area contributed by atoms with Crippen LogP contribution in [-0.2, 0) is 33.5 Å². The van der Waals surface area contributed by atoms with Gasteiger partial charge in [-0.15, -0.1) is 0 Å². The molecule has 2 heterocycles. The summed E-state index contributed by atoms with van der Waals surface area (Å²) in [5, 5.41) is -1.00. The molecule has 1 saturated heterocycles. The Labute approximate surface area is 192 Å². The van der Waals surface area contributed by atoms with Crippen LogP contribution in [0.25, 0.3) is 0 Å². The van der Waals surface area contributed by atoms with Gasteiger partial charge in [-0.3, -0.25) is 14.6 Å². The van der Waals surface area contributed by atoms with Crippen LogP contribution in [0, 0.1) is 0 Å². The van der Waals surface area contributed by atoms with Gasteiger partial charge >= 0.3 is 6.16 Å². The standard InChI is InChI=1S/C22H24N2O6S.CH4/c1-3-15-4-7-17(23-13-15)10-11-29-18-8-5-16(6-9-18)12-19-20(25)24(21(26)31-19)14-30-22(27)28-2;/h4-9,13,19H,3,10-12,14H2,1-2H3;1H4. The molecule has 1 aromatic carbocycles. The number of nitrogens with zero attached hydrogens (tertiary/aromatic N) is 2. The summed E-state index contributed by atoms with van der Waals surface area (Å²) < 4.78 is 14.8. The minimum absolute atomic E-state index is 0. The molecule has 32 heavy (non-hydrogen) atoms. The maximum Gasteiger partial charge on any atom is 0.509 e. The summed E-state index contributed by atoms with van der Waals surface area (Å²) in [6, 6.07) is 11.5. The number of aromatic nitrogens is 1. The molecule has 1 fully saturated rings. The summed E-state index contributed by atoms with van der Waals surface area (Å²) in [5.41, 5.74) is 3.09. The number of carbonyl (C=O) groups excluding carboxylic acids is 3. The van der Waals surface area contributed by atoms with Crippen molar-refractivity contribution in [3.05, 3.63) is 59.4 Å². The first-order valence-corrected chi connectivity index (χ1v) is 10.8. The van der Waals surface area contributed by atoms with Gasteiger partial charge in [-0.05, 0) is 42.2 Å². The average Bonchev–Trinajstić information content (AvgIpc) is 3.06. The molecule has 1 aliphatic heterocycles. The molecule has 0 N–H and O–H groups in total. The van der Waals surface area contributed by atoms with Gasteiger partial charge in [0.2, 0.25) is 5.91 Å². The van der Waals surface area contributed by atoms with Crippen molar-refractivity contribution in [2.75, 3.05) is 20.4 Å². The molecule has 2 aromatic rings. The largest absolute Gasteiger partial charge is 0.509 e. The zero-order chi connectivity index (χ0) is 22.2. The lowest BCUT2D eigenvalue weighted by atomic mass is 10.1. The van der Waals surface area contributed by atoms with Crippen molar-refractivity contribution < 1.29 is 28.6 Å². The van der Waals surface area contributed by atoms with Crippen LogP contribution in [0.5, 0.6) is 5.75 Å². The highest BCUT2D eigenvalue weighted by atomic mass is 32.2. The van der Waals surface area contributed by atoms with Crippen LogP contribution in [0.15, 0.2) is 42.6 Å². The summed E-state index contributed by atoms with van der Waals surface area (Å²) in [4.78, 5) is 40.8. The Bertz CT molecular complexity index is 917. The van der Waals surface area contributed by atoms with E-state index in [0.29, 0.717) is 19.4 Å². The van der Waals surface area contributed by atoms with Gasteiger partial charge in [0.15, 0.2) is 6.73 Å². The molecule has 1 aliphatic rings. The molecule has 0 saturated carbocycles. The van der Waals surface area contributed by atoms with E-state index in [9.17, 15) is 14.4 Å². The van der Waals surface area contributed by atoms with Crippen molar-refractivity contribution in [1.82, 2.24) is 9.88 Å². The lowest BCUT2D eigenvalue weighted by Crippen LogP contribution is -2.35. The Hall–Kier alpha value is -3.07. The van der Waals surface area contributed by atoms with E-state index >= 15 is 0 Å². The second-order valence-electron chi connectivity index (χ2n) is 6.82. The monoisotopic (exact) mass is 460 g/mol. The molecule has 2 amide bonds. The van der Waals surface area contributed by atoms with Gasteiger partial charge in [0.1, 0.15) is 5.75 Å². The van der Waals surface area contributed by atoms with Crippen LogP contribution in [0.1, 0.15) is 31.2 Å². The molecule has 1 aromatic heterocycles. The quantitative estimate of drug-likeness (QED) is 0.513. The first kappa shape index (κ1) is 25.2. The number of hydrogen-bond acceptors (Lipinski definition) is 8. The summed E-state index contributed by atoms with van der Waals surface area (Å²) in [5.74, 6) is 0.337. The van der Waals surface area contributed by atoms with E-state index < -0.39 is 23.4 Å². The number of methoxy groups -OCH3 is 1. The first-order valence-electron chi connectivity index (χ1n) is 9.88. The predicted molar refractivity (Wildman–Crippen MR) is 122 cm³/mol. The third-order valence-corrected chi connectivity index (χ3v) is 5.82. The van der Waals surface area contributed by atoms with Crippen LogP contribution in [0.3, 0.4) is 0 Å². The van der Waals surface area contributed by atoms with Gasteiger partial charge in [-0.2, -0.15) is 0 Å². The number of pyridine rings is 1. The summed E-state index contributed by atoms with van der Waals surface area (Å²) in [7, 11) is 1.15. The number of aryl methyl sites for hydroxylation is 1. The molecule has 0 radical (unpaired) electrons. The minimum atomic E-state index is -0.946. The lowest BCUT2D eigenvalue weighted by molar-refractivity contribution is -0.129. The molecule has 8 nitrogen and oxygen atoms in total. The molecule has 3 rings (SSSR count). The molecule has 0 aliphatic carbocycles. The summed E-state index contributed by atoms with van der Waals surface area (Å²) in [6.45, 7) is 2.16. The Kier molecular flexibility index (Phi) is 9.52. The molecule has 9 heteroatoms. The van der Waals surface area contributed by atoms with Crippen LogP contribution >= 0.6 is 11.8 Å². The lowest BCUT2D eigenvalue weighted by Gasteiger charge is -2.13. The molecular formula is C23H28N2O6S. The topological polar surface area (TPSA) is 95.0 Å². The van der Waals surface area contributed by atoms with Gasteiger partial charge in [-0.1, -0.05) is 44.3 Å².